The van der Waals surface area contributed by atoms with Gasteiger partial charge in [-0.2, -0.15) is 0 Å². The molecule has 2 N–H and O–H groups in total. The van der Waals surface area contributed by atoms with Gasteiger partial charge in [0.15, 0.2) is 0 Å². The smallest absolute Gasteiger partial charge is 0.300 e. The number of hydrogen-bond acceptors (Lipinski definition) is 6. The highest BCUT2D eigenvalue weighted by Gasteiger charge is 2.47. The Morgan fingerprint density at radius 1 is 1.00 bits per heavy atom. The van der Waals surface area contributed by atoms with Crippen LogP contribution in [0.2, 0.25) is 0 Å². The first-order valence-corrected chi connectivity index (χ1v) is 9.38. The van der Waals surface area contributed by atoms with E-state index in [9.17, 15) is 34.3 Å². The van der Waals surface area contributed by atoms with Gasteiger partial charge in [-0.15, -0.1) is 0 Å². The van der Waals surface area contributed by atoms with Gasteiger partial charge < -0.3 is 10.2 Å². The number of aliphatic hydroxyl groups is 1. The highest BCUT2D eigenvalue weighted by Crippen LogP contribution is 2.42. The molecule has 0 spiro atoms. The Morgan fingerprint density at radius 3 is 2.34 bits per heavy atom. The van der Waals surface area contributed by atoms with Crippen molar-refractivity contribution in [1.29, 1.82) is 0 Å². The summed E-state index contributed by atoms with van der Waals surface area (Å²) in [6.45, 7) is 0. The predicted molar refractivity (Wildman–Crippen MR) is 112 cm³/mol. The third-order valence-corrected chi connectivity index (χ3v) is 5.07. The molecule has 3 aromatic carbocycles. The number of anilines is 1. The van der Waals surface area contributed by atoms with Crippen LogP contribution >= 0.6 is 0 Å². The first-order chi connectivity index (χ1) is 15.3. The molecule has 1 amide bonds. The number of aliphatic hydroxyl groups excluding tert-OH is 1. The highest BCUT2D eigenvalue weighted by atomic mass is 19.1. The summed E-state index contributed by atoms with van der Waals surface area (Å²) in [7, 11) is 0. The fourth-order valence-corrected chi connectivity index (χ4v) is 3.62. The minimum absolute atomic E-state index is 0.0276. The number of nitro benzene ring substituents is 1. The Kier molecular flexibility index (Phi) is 5.15. The maximum absolute atomic E-state index is 13.9. The molecule has 0 aromatic heterocycles. The van der Waals surface area contributed by atoms with Crippen LogP contribution in [0.15, 0.2) is 78.4 Å². The summed E-state index contributed by atoms with van der Waals surface area (Å²) in [6, 6.07) is 14.5. The first kappa shape index (κ1) is 20.7. The van der Waals surface area contributed by atoms with Crippen molar-refractivity contribution in [3.05, 3.63) is 105 Å². The van der Waals surface area contributed by atoms with Crippen LogP contribution in [-0.4, -0.2) is 26.8 Å². The number of phenols is 1. The second kappa shape index (κ2) is 7.95. The third-order valence-electron chi connectivity index (χ3n) is 5.07. The van der Waals surface area contributed by atoms with Crippen LogP contribution in [0.5, 0.6) is 5.75 Å². The minimum Gasteiger partial charge on any atom is -0.508 e. The zero-order valence-corrected chi connectivity index (χ0v) is 16.3. The van der Waals surface area contributed by atoms with Gasteiger partial charge in [-0.05, 0) is 35.9 Å². The average molecular weight is 434 g/mol. The van der Waals surface area contributed by atoms with Crippen molar-refractivity contribution in [1.82, 2.24) is 0 Å². The van der Waals surface area contributed by atoms with Gasteiger partial charge in [0.2, 0.25) is 0 Å². The monoisotopic (exact) mass is 434 g/mol. The Bertz CT molecular complexity index is 1290. The lowest BCUT2D eigenvalue weighted by Gasteiger charge is -2.25. The summed E-state index contributed by atoms with van der Waals surface area (Å²) >= 11 is 0. The Morgan fingerprint density at radius 2 is 1.69 bits per heavy atom. The van der Waals surface area contributed by atoms with Gasteiger partial charge in [0.05, 0.1) is 16.5 Å². The molecule has 1 aliphatic rings. The summed E-state index contributed by atoms with van der Waals surface area (Å²) in [5.41, 5.74) is -0.207. The molecule has 0 bridgehead atoms. The number of nitro groups is 1. The Labute approximate surface area is 180 Å². The fraction of sp³-hybridized carbons (Fsp3) is 0.0435. The lowest BCUT2D eigenvalue weighted by Crippen LogP contribution is -2.29. The molecule has 160 valence electrons. The molecule has 1 heterocycles. The maximum Gasteiger partial charge on any atom is 0.300 e. The second-order valence-electron chi connectivity index (χ2n) is 7.05. The number of ketones is 1. The lowest BCUT2D eigenvalue weighted by molar-refractivity contribution is -0.384. The van der Waals surface area contributed by atoms with Gasteiger partial charge >= 0.3 is 0 Å². The van der Waals surface area contributed by atoms with E-state index in [-0.39, 0.29) is 28.3 Å². The van der Waals surface area contributed by atoms with Crippen LogP contribution in [0.4, 0.5) is 15.8 Å². The SMILES string of the molecule is O=C1C(=O)N(c2cccc(F)c2)C(c2ccc(O)cc2)/C1=C(/O)c1cccc([N+](=O)[O-])c1. The predicted octanol–water partition coefficient (Wildman–Crippen LogP) is 4.07. The number of carbonyl (C=O) groups excluding carboxylic acids is 2. The van der Waals surface area contributed by atoms with Crippen LogP contribution in [0.3, 0.4) is 0 Å². The van der Waals surface area contributed by atoms with Crippen LogP contribution in [0.25, 0.3) is 5.76 Å². The lowest BCUT2D eigenvalue weighted by atomic mass is 9.95. The second-order valence-corrected chi connectivity index (χ2v) is 7.05. The van der Waals surface area contributed by atoms with E-state index in [0.717, 1.165) is 17.0 Å². The van der Waals surface area contributed by atoms with Gasteiger partial charge in [-0.25, -0.2) is 4.39 Å². The molecular formula is C23H15FN2O6. The topological polar surface area (TPSA) is 121 Å². The molecular weight excluding hydrogens is 419 g/mol. The summed E-state index contributed by atoms with van der Waals surface area (Å²) in [4.78, 5) is 37.4. The molecule has 3 aromatic rings. The van der Waals surface area contributed by atoms with E-state index >= 15 is 0 Å². The van der Waals surface area contributed by atoms with E-state index in [0.29, 0.717) is 5.56 Å². The molecule has 0 radical (unpaired) electrons. The Balaban J connectivity index is 1.95. The highest BCUT2D eigenvalue weighted by molar-refractivity contribution is 6.51. The number of rotatable bonds is 4. The van der Waals surface area contributed by atoms with E-state index in [1.54, 1.807) is 0 Å². The summed E-state index contributed by atoms with van der Waals surface area (Å²) in [5.74, 6) is -3.33. The molecule has 1 unspecified atom stereocenters. The van der Waals surface area contributed by atoms with E-state index in [1.165, 1.54) is 60.7 Å². The standard InChI is InChI=1S/C23H15FN2O6/c24-15-4-2-5-16(12-15)25-20(13-7-9-18(27)10-8-13)19(22(29)23(25)30)21(28)14-3-1-6-17(11-14)26(31)32/h1-12,20,27-28H/b21-19-. The molecule has 32 heavy (non-hydrogen) atoms. The van der Waals surface area contributed by atoms with Crippen molar-refractivity contribution in [3.8, 4) is 5.75 Å². The molecule has 1 atom stereocenters. The van der Waals surface area contributed by atoms with Crippen LogP contribution in [0, 0.1) is 15.9 Å². The average Bonchev–Trinajstić information content (AvgIpc) is 3.04. The molecule has 4 rings (SSSR count). The number of carbonyl (C=O) groups is 2. The van der Waals surface area contributed by atoms with Crippen LogP contribution in [-0.2, 0) is 9.59 Å². The number of Topliss-reactive ketones (excluding diaryl/α,β-unsaturated/α-hetero) is 1. The summed E-state index contributed by atoms with van der Waals surface area (Å²) in [6.07, 6.45) is 0. The van der Waals surface area contributed by atoms with E-state index in [4.69, 9.17) is 0 Å². The van der Waals surface area contributed by atoms with E-state index < -0.39 is 34.2 Å². The number of halogens is 1. The number of nitrogens with zero attached hydrogens (tertiary/aromatic N) is 2. The molecule has 0 saturated carbocycles. The van der Waals surface area contributed by atoms with Crippen molar-refractivity contribution < 1.29 is 29.1 Å². The fourth-order valence-electron chi connectivity index (χ4n) is 3.62. The van der Waals surface area contributed by atoms with Gasteiger partial charge in [-0.1, -0.05) is 30.3 Å². The number of aromatic hydroxyl groups is 1. The maximum atomic E-state index is 13.9. The van der Waals surface area contributed by atoms with Crippen molar-refractivity contribution in [2.45, 2.75) is 6.04 Å². The minimum atomic E-state index is -1.16. The van der Waals surface area contributed by atoms with E-state index in [2.05, 4.69) is 0 Å². The number of amides is 1. The molecule has 1 saturated heterocycles. The van der Waals surface area contributed by atoms with Gasteiger partial charge in [0, 0.05) is 23.4 Å². The van der Waals surface area contributed by atoms with E-state index in [1.807, 2.05) is 0 Å². The summed E-state index contributed by atoms with van der Waals surface area (Å²) in [5, 5.41) is 31.7. The molecule has 9 heteroatoms. The molecule has 0 aliphatic carbocycles. The van der Waals surface area contributed by atoms with Gasteiger partial charge in [0.25, 0.3) is 17.4 Å². The number of hydrogen-bond donors (Lipinski definition) is 2. The molecule has 8 nitrogen and oxygen atoms in total. The largest absolute Gasteiger partial charge is 0.508 e. The van der Waals surface area contributed by atoms with Gasteiger partial charge in [0.1, 0.15) is 17.3 Å². The summed E-state index contributed by atoms with van der Waals surface area (Å²) < 4.78 is 13.9. The van der Waals surface area contributed by atoms with Crippen molar-refractivity contribution >= 4 is 28.8 Å². The molecule has 1 aliphatic heterocycles. The molecule has 1 fully saturated rings. The zero-order valence-electron chi connectivity index (χ0n) is 16.3. The number of benzene rings is 3. The Hall–Kier alpha value is -4.53. The number of phenolic OH excluding ortho intramolecular Hbond substituents is 1. The van der Waals surface area contributed by atoms with Crippen LogP contribution in [0.1, 0.15) is 17.2 Å². The zero-order chi connectivity index (χ0) is 23.0. The first-order valence-electron chi connectivity index (χ1n) is 9.38. The van der Waals surface area contributed by atoms with Crippen molar-refractivity contribution in [2.75, 3.05) is 4.90 Å². The van der Waals surface area contributed by atoms with Gasteiger partial charge in [-0.3, -0.25) is 24.6 Å². The third kappa shape index (κ3) is 3.56. The van der Waals surface area contributed by atoms with Crippen molar-refractivity contribution in [2.24, 2.45) is 0 Å². The normalized spacial score (nSPS) is 17.5. The van der Waals surface area contributed by atoms with Crippen molar-refractivity contribution in [3.63, 3.8) is 0 Å². The quantitative estimate of drug-likeness (QED) is 0.210. The number of non-ortho nitro benzene ring substituents is 1. The van der Waals surface area contributed by atoms with Crippen LogP contribution < -0.4 is 4.90 Å².